The van der Waals surface area contributed by atoms with E-state index in [2.05, 4.69) is 4.98 Å². The van der Waals surface area contributed by atoms with Crippen LogP contribution in [0.1, 0.15) is 17.2 Å². The van der Waals surface area contributed by atoms with E-state index in [-0.39, 0.29) is 12.4 Å². The van der Waals surface area contributed by atoms with Gasteiger partial charge in [-0.15, -0.1) is 12.4 Å². The maximum absolute atomic E-state index is 12.1. The summed E-state index contributed by atoms with van der Waals surface area (Å²) >= 11 is 0. The Morgan fingerprint density at radius 2 is 1.96 bits per heavy atom. The van der Waals surface area contributed by atoms with Gasteiger partial charge >= 0.3 is 5.97 Å². The summed E-state index contributed by atoms with van der Waals surface area (Å²) in [7, 11) is 1.36. The highest BCUT2D eigenvalue weighted by Gasteiger charge is 2.23. The molecule has 0 aliphatic carbocycles. The van der Waals surface area contributed by atoms with E-state index >= 15 is 0 Å². The van der Waals surface area contributed by atoms with E-state index in [1.165, 1.54) is 7.11 Å². The SMILES string of the molecule is COC(=O)C(Oc1ccc2[nH]cc(CCN)c2c1)c1ccccc1.Cl. The van der Waals surface area contributed by atoms with E-state index in [1.54, 1.807) is 0 Å². The van der Waals surface area contributed by atoms with Gasteiger partial charge in [-0.3, -0.25) is 0 Å². The molecule has 3 rings (SSSR count). The number of H-pyrrole nitrogens is 1. The molecule has 3 N–H and O–H groups in total. The smallest absolute Gasteiger partial charge is 0.351 e. The van der Waals surface area contributed by atoms with Crippen molar-refractivity contribution in [3.05, 3.63) is 65.9 Å². The van der Waals surface area contributed by atoms with Crippen LogP contribution in [-0.4, -0.2) is 24.6 Å². The quantitative estimate of drug-likeness (QED) is 0.660. The summed E-state index contributed by atoms with van der Waals surface area (Å²) in [5, 5.41) is 1.05. The predicted molar refractivity (Wildman–Crippen MR) is 100 cm³/mol. The van der Waals surface area contributed by atoms with Gasteiger partial charge in [0.15, 0.2) is 0 Å². The van der Waals surface area contributed by atoms with Crippen LogP contribution >= 0.6 is 12.4 Å². The minimum atomic E-state index is -0.800. The molecule has 0 saturated carbocycles. The fourth-order valence-corrected chi connectivity index (χ4v) is 2.72. The maximum Gasteiger partial charge on any atom is 0.351 e. The van der Waals surface area contributed by atoms with E-state index in [0.717, 1.165) is 28.5 Å². The third-order valence-electron chi connectivity index (χ3n) is 3.92. The van der Waals surface area contributed by atoms with Crippen molar-refractivity contribution in [2.45, 2.75) is 12.5 Å². The molecule has 2 aromatic carbocycles. The highest BCUT2D eigenvalue weighted by atomic mass is 35.5. The number of benzene rings is 2. The number of aromatic amines is 1. The molecule has 132 valence electrons. The molecule has 1 heterocycles. The minimum absolute atomic E-state index is 0. The second-order valence-corrected chi connectivity index (χ2v) is 5.49. The average molecular weight is 361 g/mol. The van der Waals surface area contributed by atoms with Crippen molar-refractivity contribution < 1.29 is 14.3 Å². The number of rotatable bonds is 6. The molecule has 0 spiro atoms. The lowest BCUT2D eigenvalue weighted by atomic mass is 10.1. The number of halogens is 1. The summed E-state index contributed by atoms with van der Waals surface area (Å²) < 4.78 is 10.8. The molecule has 1 aromatic heterocycles. The molecule has 0 saturated heterocycles. The van der Waals surface area contributed by atoms with Crippen molar-refractivity contribution in [3.63, 3.8) is 0 Å². The Morgan fingerprint density at radius 3 is 2.64 bits per heavy atom. The van der Waals surface area contributed by atoms with Crippen molar-refractivity contribution in [1.82, 2.24) is 4.98 Å². The first-order chi connectivity index (χ1) is 11.7. The lowest BCUT2D eigenvalue weighted by molar-refractivity contribution is -0.149. The zero-order valence-corrected chi connectivity index (χ0v) is 14.7. The summed E-state index contributed by atoms with van der Waals surface area (Å²) in [6.07, 6.45) is 1.93. The average Bonchev–Trinajstić information content (AvgIpc) is 3.02. The van der Waals surface area contributed by atoms with Gasteiger partial charge in [0.05, 0.1) is 7.11 Å². The number of hydrogen-bond acceptors (Lipinski definition) is 4. The van der Waals surface area contributed by atoms with Crippen LogP contribution in [0.25, 0.3) is 10.9 Å². The number of fused-ring (bicyclic) bond motifs is 1. The molecule has 3 aromatic rings. The number of carbonyl (C=O) groups excluding carboxylic acids is 1. The molecule has 0 amide bonds. The predicted octanol–water partition coefficient (Wildman–Crippen LogP) is 3.38. The molecule has 5 nitrogen and oxygen atoms in total. The third-order valence-corrected chi connectivity index (χ3v) is 3.92. The lowest BCUT2D eigenvalue weighted by Gasteiger charge is -2.17. The molecular formula is C19H21ClN2O3. The number of esters is 1. The van der Waals surface area contributed by atoms with Crippen LogP contribution in [0.3, 0.4) is 0 Å². The minimum Gasteiger partial charge on any atom is -0.474 e. The number of nitrogens with two attached hydrogens (primary N) is 1. The Balaban J connectivity index is 0.00000225. The summed E-state index contributed by atoms with van der Waals surface area (Å²) in [6.45, 7) is 0.576. The molecule has 0 fully saturated rings. The van der Waals surface area contributed by atoms with Crippen molar-refractivity contribution in [2.75, 3.05) is 13.7 Å². The van der Waals surface area contributed by atoms with E-state index in [0.29, 0.717) is 12.3 Å². The number of hydrogen-bond donors (Lipinski definition) is 2. The third kappa shape index (κ3) is 4.13. The van der Waals surface area contributed by atoms with Crippen molar-refractivity contribution >= 4 is 29.3 Å². The standard InChI is InChI=1S/C19H20N2O3.ClH/c1-23-19(22)18(13-5-3-2-4-6-13)24-15-7-8-17-16(11-15)14(9-10-20)12-21-17;/h2-8,11-12,18,21H,9-10,20H2,1H3;1H. The van der Waals surface area contributed by atoms with Crippen LogP contribution < -0.4 is 10.5 Å². The summed E-state index contributed by atoms with van der Waals surface area (Å²) in [6, 6.07) is 15.0. The van der Waals surface area contributed by atoms with Gasteiger partial charge in [-0.1, -0.05) is 30.3 Å². The number of nitrogens with one attached hydrogen (secondary N) is 1. The molecule has 0 aliphatic heterocycles. The highest BCUT2D eigenvalue weighted by Crippen LogP contribution is 2.28. The van der Waals surface area contributed by atoms with Crippen LogP contribution in [0.4, 0.5) is 0 Å². The Hall–Kier alpha value is -2.50. The fourth-order valence-electron chi connectivity index (χ4n) is 2.72. The van der Waals surface area contributed by atoms with Crippen LogP contribution in [0, 0.1) is 0 Å². The second kappa shape index (κ2) is 8.55. The first kappa shape index (κ1) is 18.8. The second-order valence-electron chi connectivity index (χ2n) is 5.49. The Bertz CT molecular complexity index is 833. The van der Waals surface area contributed by atoms with Crippen molar-refractivity contribution in [3.8, 4) is 5.75 Å². The lowest BCUT2D eigenvalue weighted by Crippen LogP contribution is -2.20. The van der Waals surface area contributed by atoms with E-state index < -0.39 is 12.1 Å². The van der Waals surface area contributed by atoms with Gasteiger partial charge in [-0.05, 0) is 36.7 Å². The fraction of sp³-hybridized carbons (Fsp3) is 0.211. The van der Waals surface area contributed by atoms with Gasteiger partial charge in [0.2, 0.25) is 6.10 Å². The molecule has 0 aliphatic rings. The van der Waals surface area contributed by atoms with Crippen LogP contribution in [0.2, 0.25) is 0 Å². The molecule has 0 bridgehead atoms. The molecule has 1 atom stereocenters. The molecule has 6 heteroatoms. The zero-order chi connectivity index (χ0) is 16.9. The molecule has 0 radical (unpaired) electrons. The molecular weight excluding hydrogens is 340 g/mol. The number of carbonyl (C=O) groups is 1. The summed E-state index contributed by atoms with van der Waals surface area (Å²) in [4.78, 5) is 15.3. The summed E-state index contributed by atoms with van der Waals surface area (Å²) in [5.74, 6) is 0.178. The number of ether oxygens (including phenoxy) is 2. The number of aromatic nitrogens is 1. The van der Waals surface area contributed by atoms with Gasteiger partial charge in [-0.2, -0.15) is 0 Å². The first-order valence-corrected chi connectivity index (χ1v) is 7.82. The van der Waals surface area contributed by atoms with E-state index in [4.69, 9.17) is 15.2 Å². The topological polar surface area (TPSA) is 77.3 Å². The normalized spacial score (nSPS) is 11.6. The van der Waals surface area contributed by atoms with E-state index in [1.807, 2.05) is 54.7 Å². The summed E-state index contributed by atoms with van der Waals surface area (Å²) in [5.41, 5.74) is 8.55. The molecule has 1 unspecified atom stereocenters. The van der Waals surface area contributed by atoms with Gasteiger partial charge in [0.1, 0.15) is 5.75 Å². The highest BCUT2D eigenvalue weighted by molar-refractivity contribution is 5.85. The maximum atomic E-state index is 12.1. The van der Waals surface area contributed by atoms with Crippen LogP contribution in [0.15, 0.2) is 54.7 Å². The van der Waals surface area contributed by atoms with Gasteiger partial charge in [0.25, 0.3) is 0 Å². The van der Waals surface area contributed by atoms with Crippen molar-refractivity contribution in [2.24, 2.45) is 5.73 Å². The monoisotopic (exact) mass is 360 g/mol. The van der Waals surface area contributed by atoms with Gasteiger partial charge in [-0.25, -0.2) is 4.79 Å². The van der Waals surface area contributed by atoms with Gasteiger partial charge < -0.3 is 20.2 Å². The Labute approximate surface area is 152 Å². The van der Waals surface area contributed by atoms with E-state index in [9.17, 15) is 4.79 Å². The van der Waals surface area contributed by atoms with Crippen LogP contribution in [0.5, 0.6) is 5.75 Å². The Kier molecular flexibility index (Phi) is 6.44. The largest absolute Gasteiger partial charge is 0.474 e. The first-order valence-electron chi connectivity index (χ1n) is 7.82. The Morgan fingerprint density at radius 1 is 1.20 bits per heavy atom. The van der Waals surface area contributed by atoms with Gasteiger partial charge in [0, 0.05) is 22.7 Å². The molecule has 25 heavy (non-hydrogen) atoms. The van der Waals surface area contributed by atoms with Crippen molar-refractivity contribution in [1.29, 1.82) is 0 Å². The van der Waals surface area contributed by atoms with Crippen LogP contribution in [-0.2, 0) is 16.0 Å². The zero-order valence-electron chi connectivity index (χ0n) is 13.9. The number of methoxy groups -OCH3 is 1.